The first-order valence-corrected chi connectivity index (χ1v) is 9.63. The molecule has 0 fully saturated rings. The lowest BCUT2D eigenvalue weighted by atomic mass is 10.2. The first-order chi connectivity index (χ1) is 12.5. The molecule has 2 aromatic carbocycles. The zero-order valence-electron chi connectivity index (χ0n) is 13.8. The lowest BCUT2D eigenvalue weighted by molar-refractivity contribution is 0.817. The van der Waals surface area contributed by atoms with Gasteiger partial charge >= 0.3 is 0 Å². The highest BCUT2D eigenvalue weighted by Gasteiger charge is 2.06. The Morgan fingerprint density at radius 3 is 2.54 bits per heavy atom. The number of anilines is 2. The third-order valence-corrected chi connectivity index (χ3v) is 4.89. The summed E-state index contributed by atoms with van der Waals surface area (Å²) in [7, 11) is 0. The molecule has 3 rings (SSSR count). The highest BCUT2D eigenvalue weighted by atomic mass is 35.5. The molecule has 134 valence electrons. The van der Waals surface area contributed by atoms with Gasteiger partial charge in [0.2, 0.25) is 5.13 Å². The fourth-order valence-electron chi connectivity index (χ4n) is 2.14. The maximum absolute atomic E-state index is 6.16. The van der Waals surface area contributed by atoms with Crippen LogP contribution in [-0.4, -0.2) is 9.36 Å². The van der Waals surface area contributed by atoms with Crippen molar-refractivity contribution in [1.82, 2.24) is 14.7 Å². The molecule has 8 heteroatoms. The highest BCUT2D eigenvalue weighted by Crippen LogP contribution is 2.29. The summed E-state index contributed by atoms with van der Waals surface area (Å²) in [6, 6.07) is 13.0. The van der Waals surface area contributed by atoms with Crippen molar-refractivity contribution in [3.05, 3.63) is 74.6 Å². The van der Waals surface area contributed by atoms with Crippen molar-refractivity contribution >= 4 is 63.2 Å². The van der Waals surface area contributed by atoms with Crippen molar-refractivity contribution in [3.8, 4) is 0 Å². The van der Waals surface area contributed by atoms with Crippen LogP contribution < -0.4 is 10.6 Å². The molecule has 0 radical (unpaired) electrons. The molecule has 0 bridgehead atoms. The maximum atomic E-state index is 6.16. The van der Waals surface area contributed by atoms with Crippen molar-refractivity contribution in [2.24, 2.45) is 0 Å². The van der Waals surface area contributed by atoms with Crippen LogP contribution in [0.15, 0.2) is 48.2 Å². The lowest BCUT2D eigenvalue weighted by Gasteiger charge is -2.06. The number of allylic oxidation sites excluding steroid dienone is 1. The van der Waals surface area contributed by atoms with Gasteiger partial charge in [-0.2, -0.15) is 9.36 Å². The van der Waals surface area contributed by atoms with Gasteiger partial charge in [0, 0.05) is 39.9 Å². The molecule has 3 aromatic rings. The largest absolute Gasteiger partial charge is 0.384 e. The average molecular weight is 426 g/mol. The third kappa shape index (κ3) is 5.35. The van der Waals surface area contributed by atoms with Gasteiger partial charge in [-0.15, -0.1) is 0 Å². The molecule has 4 nitrogen and oxygen atoms in total. The first-order valence-electron chi connectivity index (χ1n) is 7.72. The number of aromatic nitrogens is 2. The molecular weight excluding hydrogens is 411 g/mol. The molecule has 0 saturated carbocycles. The Morgan fingerprint density at radius 2 is 1.81 bits per heavy atom. The van der Waals surface area contributed by atoms with Crippen LogP contribution in [0.5, 0.6) is 0 Å². The van der Waals surface area contributed by atoms with Gasteiger partial charge in [0.15, 0.2) is 5.82 Å². The van der Waals surface area contributed by atoms with Crippen molar-refractivity contribution in [2.45, 2.75) is 13.5 Å². The van der Waals surface area contributed by atoms with Gasteiger partial charge < -0.3 is 10.6 Å². The molecule has 0 unspecified atom stereocenters. The van der Waals surface area contributed by atoms with Crippen LogP contribution in [0.3, 0.4) is 0 Å². The summed E-state index contributed by atoms with van der Waals surface area (Å²) < 4.78 is 4.33. The van der Waals surface area contributed by atoms with E-state index in [1.807, 2.05) is 37.3 Å². The van der Waals surface area contributed by atoms with Crippen molar-refractivity contribution in [2.75, 3.05) is 5.32 Å². The smallest absolute Gasteiger partial charge is 0.207 e. The molecule has 0 amide bonds. The number of hydrogen-bond donors (Lipinski definition) is 2. The van der Waals surface area contributed by atoms with Gasteiger partial charge in [-0.25, -0.2) is 0 Å². The molecule has 0 aliphatic rings. The Kier molecular flexibility index (Phi) is 6.38. The van der Waals surface area contributed by atoms with E-state index in [9.17, 15) is 0 Å². The van der Waals surface area contributed by atoms with E-state index >= 15 is 0 Å². The van der Waals surface area contributed by atoms with E-state index in [1.54, 1.807) is 18.2 Å². The highest BCUT2D eigenvalue weighted by molar-refractivity contribution is 7.09. The molecule has 2 N–H and O–H groups in total. The van der Waals surface area contributed by atoms with E-state index in [0.717, 1.165) is 22.0 Å². The second kappa shape index (κ2) is 8.73. The van der Waals surface area contributed by atoms with Crippen molar-refractivity contribution < 1.29 is 0 Å². The third-order valence-electron chi connectivity index (χ3n) is 3.44. The number of hydrogen-bond acceptors (Lipinski definition) is 5. The van der Waals surface area contributed by atoms with Gasteiger partial charge in [0.05, 0.1) is 10.7 Å². The van der Waals surface area contributed by atoms with Crippen LogP contribution in [-0.2, 0) is 6.54 Å². The van der Waals surface area contributed by atoms with Crippen LogP contribution in [0.1, 0.15) is 18.3 Å². The Labute approximate surface area is 171 Å². The predicted molar refractivity (Wildman–Crippen MR) is 112 cm³/mol. The van der Waals surface area contributed by atoms with Crippen LogP contribution >= 0.6 is 46.3 Å². The predicted octanol–water partition coefficient (Wildman–Crippen LogP) is 6.39. The Bertz CT molecular complexity index is 922. The molecule has 0 atom stereocenters. The Balaban J connectivity index is 1.61. The quantitative estimate of drug-likeness (QED) is 0.480. The van der Waals surface area contributed by atoms with Crippen LogP contribution in [0.25, 0.3) is 6.08 Å². The van der Waals surface area contributed by atoms with Crippen molar-refractivity contribution in [3.63, 3.8) is 0 Å². The molecule has 0 aliphatic carbocycles. The lowest BCUT2D eigenvalue weighted by Crippen LogP contribution is -2.10. The minimum absolute atomic E-state index is 0.533. The minimum atomic E-state index is 0.533. The maximum Gasteiger partial charge on any atom is 0.207 e. The monoisotopic (exact) mass is 424 g/mol. The molecule has 1 aromatic heterocycles. The molecule has 0 saturated heterocycles. The van der Waals surface area contributed by atoms with E-state index < -0.39 is 0 Å². The van der Waals surface area contributed by atoms with Gasteiger partial charge in [-0.1, -0.05) is 46.9 Å². The van der Waals surface area contributed by atoms with Gasteiger partial charge in [-0.3, -0.25) is 0 Å². The fraction of sp³-hybridized carbons (Fsp3) is 0.111. The van der Waals surface area contributed by atoms with Gasteiger partial charge in [-0.05, 0) is 42.8 Å². The topological polar surface area (TPSA) is 49.8 Å². The second-order valence-electron chi connectivity index (χ2n) is 5.51. The van der Waals surface area contributed by atoms with E-state index in [0.29, 0.717) is 27.5 Å². The summed E-state index contributed by atoms with van der Waals surface area (Å²) in [5.74, 6) is 0.628. The summed E-state index contributed by atoms with van der Waals surface area (Å²) >= 11 is 19.2. The SMILES string of the molecule is C/C(=C\c1nsc(Nc2ccc(Cl)cc2Cl)n1)NCc1ccc(Cl)cc1. The zero-order valence-corrected chi connectivity index (χ0v) is 16.8. The number of halogens is 3. The number of rotatable bonds is 6. The summed E-state index contributed by atoms with van der Waals surface area (Å²) in [5.41, 5.74) is 2.85. The van der Waals surface area contributed by atoms with Crippen LogP contribution in [0, 0.1) is 0 Å². The average Bonchev–Trinajstić information content (AvgIpc) is 3.04. The second-order valence-corrected chi connectivity index (χ2v) is 7.55. The molecular formula is C18H15Cl3N4S. The summed E-state index contributed by atoms with van der Waals surface area (Å²) in [6.45, 7) is 2.68. The number of benzene rings is 2. The zero-order chi connectivity index (χ0) is 18.5. The fourth-order valence-corrected chi connectivity index (χ4v) is 3.28. The first kappa shape index (κ1) is 19.0. The standard InChI is InChI=1S/C18H15Cl3N4S/c1-11(22-10-12-2-4-13(19)5-3-12)8-17-24-18(26-25-17)23-16-7-6-14(20)9-15(16)21/h2-9,22H,10H2,1H3,(H,23,24,25)/b11-8+. The van der Waals surface area contributed by atoms with Crippen molar-refractivity contribution in [1.29, 1.82) is 0 Å². The summed E-state index contributed by atoms with van der Waals surface area (Å²) in [5, 5.41) is 8.98. The summed E-state index contributed by atoms with van der Waals surface area (Å²) in [6.07, 6.45) is 1.89. The summed E-state index contributed by atoms with van der Waals surface area (Å²) in [4.78, 5) is 4.45. The van der Waals surface area contributed by atoms with E-state index in [1.165, 1.54) is 11.5 Å². The van der Waals surface area contributed by atoms with Gasteiger partial charge in [0.25, 0.3) is 0 Å². The number of nitrogens with zero attached hydrogens (tertiary/aromatic N) is 2. The van der Waals surface area contributed by atoms with Crippen LogP contribution in [0.4, 0.5) is 10.8 Å². The van der Waals surface area contributed by atoms with E-state index in [2.05, 4.69) is 20.0 Å². The Hall–Kier alpha value is -1.79. The normalized spacial score (nSPS) is 11.5. The Morgan fingerprint density at radius 1 is 1.08 bits per heavy atom. The molecule has 1 heterocycles. The minimum Gasteiger partial charge on any atom is -0.384 e. The molecule has 26 heavy (non-hydrogen) atoms. The van der Waals surface area contributed by atoms with E-state index in [-0.39, 0.29) is 0 Å². The molecule has 0 spiro atoms. The van der Waals surface area contributed by atoms with E-state index in [4.69, 9.17) is 34.8 Å². The van der Waals surface area contributed by atoms with Gasteiger partial charge in [0.1, 0.15) is 0 Å². The molecule has 0 aliphatic heterocycles. The number of nitrogens with one attached hydrogen (secondary N) is 2. The van der Waals surface area contributed by atoms with Crippen LogP contribution in [0.2, 0.25) is 15.1 Å².